The predicted octanol–water partition coefficient (Wildman–Crippen LogP) is 5.42. The minimum atomic E-state index is -4.48. The van der Waals surface area contributed by atoms with Gasteiger partial charge in [-0.1, -0.05) is 48.5 Å². The van der Waals surface area contributed by atoms with Crippen molar-refractivity contribution in [2.75, 3.05) is 5.32 Å². The number of non-ortho nitro benzene ring substituents is 1. The van der Waals surface area contributed by atoms with Crippen LogP contribution in [0.4, 0.5) is 24.5 Å². The smallest absolute Gasteiger partial charge is 0.325 e. The first-order valence-electron chi connectivity index (χ1n) is 9.49. The van der Waals surface area contributed by atoms with Crippen LogP contribution in [0.25, 0.3) is 0 Å². The SMILES string of the molecule is O=C(CCc1cccc(C(F)(F)F)c1)Nc1ccc([N+](=O)[O-])cc1C(=O)c1ccccc1. The van der Waals surface area contributed by atoms with Gasteiger partial charge in [-0.05, 0) is 24.1 Å². The van der Waals surface area contributed by atoms with Crippen LogP contribution < -0.4 is 5.32 Å². The molecule has 0 aliphatic carbocycles. The van der Waals surface area contributed by atoms with E-state index in [2.05, 4.69) is 5.32 Å². The van der Waals surface area contributed by atoms with Gasteiger partial charge in [0.25, 0.3) is 5.69 Å². The largest absolute Gasteiger partial charge is 0.416 e. The number of nitrogens with zero attached hydrogens (tertiary/aromatic N) is 1. The van der Waals surface area contributed by atoms with Gasteiger partial charge in [-0.25, -0.2) is 0 Å². The lowest BCUT2D eigenvalue weighted by molar-refractivity contribution is -0.384. The van der Waals surface area contributed by atoms with E-state index in [0.717, 1.165) is 24.3 Å². The van der Waals surface area contributed by atoms with Gasteiger partial charge in [-0.15, -0.1) is 0 Å². The van der Waals surface area contributed by atoms with E-state index in [-0.39, 0.29) is 35.3 Å². The Morgan fingerprint density at radius 2 is 1.66 bits per heavy atom. The third-order valence-electron chi connectivity index (χ3n) is 4.66. The van der Waals surface area contributed by atoms with E-state index in [9.17, 15) is 32.9 Å². The number of rotatable bonds is 7. The molecule has 32 heavy (non-hydrogen) atoms. The van der Waals surface area contributed by atoms with Crippen molar-refractivity contribution in [3.8, 4) is 0 Å². The zero-order valence-electron chi connectivity index (χ0n) is 16.6. The lowest BCUT2D eigenvalue weighted by Gasteiger charge is -2.11. The predicted molar refractivity (Wildman–Crippen MR) is 111 cm³/mol. The quantitative estimate of drug-likeness (QED) is 0.301. The first-order valence-corrected chi connectivity index (χ1v) is 9.49. The Labute approximate surface area is 180 Å². The molecule has 0 aliphatic rings. The molecule has 0 aromatic heterocycles. The highest BCUT2D eigenvalue weighted by Crippen LogP contribution is 2.30. The summed E-state index contributed by atoms with van der Waals surface area (Å²) in [6, 6.07) is 16.2. The number of carbonyl (C=O) groups excluding carboxylic acids is 2. The number of amides is 1. The fraction of sp³-hybridized carbons (Fsp3) is 0.130. The molecule has 0 spiro atoms. The summed E-state index contributed by atoms with van der Waals surface area (Å²) in [6.07, 6.45) is -4.58. The van der Waals surface area contributed by atoms with Crippen LogP contribution in [0.2, 0.25) is 0 Å². The second kappa shape index (κ2) is 9.42. The molecule has 0 saturated carbocycles. The van der Waals surface area contributed by atoms with Crippen molar-refractivity contribution in [2.45, 2.75) is 19.0 Å². The maximum absolute atomic E-state index is 12.9. The molecule has 6 nitrogen and oxygen atoms in total. The van der Waals surface area contributed by atoms with Gasteiger partial charge in [-0.2, -0.15) is 13.2 Å². The molecule has 0 bridgehead atoms. The summed E-state index contributed by atoms with van der Waals surface area (Å²) in [5.74, 6) is -1.05. The maximum Gasteiger partial charge on any atom is 0.416 e. The van der Waals surface area contributed by atoms with Crippen molar-refractivity contribution < 1.29 is 27.7 Å². The fourth-order valence-corrected chi connectivity index (χ4v) is 3.06. The molecule has 1 amide bonds. The molecule has 0 heterocycles. The van der Waals surface area contributed by atoms with Crippen molar-refractivity contribution in [3.05, 3.63) is 105 Å². The number of hydrogen-bond donors (Lipinski definition) is 1. The van der Waals surface area contributed by atoms with E-state index < -0.39 is 28.4 Å². The molecular formula is C23H17F3N2O4. The van der Waals surface area contributed by atoms with E-state index in [1.54, 1.807) is 30.3 Å². The topological polar surface area (TPSA) is 89.3 Å². The Balaban J connectivity index is 1.78. The van der Waals surface area contributed by atoms with Gasteiger partial charge >= 0.3 is 6.18 Å². The lowest BCUT2D eigenvalue weighted by atomic mass is 10.0. The average molecular weight is 442 g/mol. The maximum atomic E-state index is 12.9. The Morgan fingerprint density at radius 1 is 0.938 bits per heavy atom. The molecule has 0 unspecified atom stereocenters. The minimum Gasteiger partial charge on any atom is -0.325 e. The summed E-state index contributed by atoms with van der Waals surface area (Å²) in [5.41, 5.74) is -0.476. The number of halogens is 3. The van der Waals surface area contributed by atoms with E-state index in [1.807, 2.05) is 0 Å². The van der Waals surface area contributed by atoms with Gasteiger partial charge in [0.1, 0.15) is 0 Å². The first-order chi connectivity index (χ1) is 15.1. The van der Waals surface area contributed by atoms with Crippen molar-refractivity contribution in [2.24, 2.45) is 0 Å². The number of carbonyl (C=O) groups is 2. The second-order valence-corrected chi connectivity index (χ2v) is 6.93. The Hall–Kier alpha value is -4.01. The Bertz CT molecular complexity index is 1160. The normalized spacial score (nSPS) is 11.1. The van der Waals surface area contributed by atoms with Crippen LogP contribution in [-0.2, 0) is 17.4 Å². The molecule has 9 heteroatoms. The zero-order valence-corrected chi connectivity index (χ0v) is 16.6. The summed E-state index contributed by atoms with van der Waals surface area (Å²) in [4.78, 5) is 35.8. The fourth-order valence-electron chi connectivity index (χ4n) is 3.06. The molecule has 0 aliphatic heterocycles. The van der Waals surface area contributed by atoms with Gasteiger partial charge in [0.05, 0.1) is 21.7 Å². The molecule has 0 saturated heterocycles. The number of ketones is 1. The third-order valence-corrected chi connectivity index (χ3v) is 4.66. The highest BCUT2D eigenvalue weighted by Gasteiger charge is 2.30. The van der Waals surface area contributed by atoms with Crippen LogP contribution >= 0.6 is 0 Å². The second-order valence-electron chi connectivity index (χ2n) is 6.93. The molecule has 3 rings (SSSR count). The monoisotopic (exact) mass is 442 g/mol. The number of nitro benzene ring substituents is 1. The summed E-state index contributed by atoms with van der Waals surface area (Å²) >= 11 is 0. The van der Waals surface area contributed by atoms with Crippen LogP contribution in [-0.4, -0.2) is 16.6 Å². The van der Waals surface area contributed by atoms with Crippen molar-refractivity contribution >= 4 is 23.1 Å². The van der Waals surface area contributed by atoms with E-state index in [0.29, 0.717) is 5.56 Å². The number of anilines is 1. The minimum absolute atomic E-state index is 0.0463. The number of aryl methyl sites for hydroxylation is 1. The molecular weight excluding hydrogens is 425 g/mol. The van der Waals surface area contributed by atoms with Gasteiger partial charge < -0.3 is 5.32 Å². The van der Waals surface area contributed by atoms with E-state index in [4.69, 9.17) is 0 Å². The molecule has 0 fully saturated rings. The number of benzene rings is 3. The highest BCUT2D eigenvalue weighted by molar-refractivity contribution is 6.14. The highest BCUT2D eigenvalue weighted by atomic mass is 19.4. The first kappa shape index (κ1) is 22.7. The van der Waals surface area contributed by atoms with Crippen LogP contribution in [0.3, 0.4) is 0 Å². The average Bonchev–Trinajstić information content (AvgIpc) is 2.77. The Kier molecular flexibility index (Phi) is 6.67. The van der Waals surface area contributed by atoms with Crippen molar-refractivity contribution in [1.82, 2.24) is 0 Å². The number of hydrogen-bond acceptors (Lipinski definition) is 4. The van der Waals surface area contributed by atoms with Crippen LogP contribution in [0.15, 0.2) is 72.8 Å². The zero-order chi connectivity index (χ0) is 23.3. The van der Waals surface area contributed by atoms with E-state index in [1.165, 1.54) is 18.2 Å². The van der Waals surface area contributed by atoms with Crippen LogP contribution in [0.5, 0.6) is 0 Å². The molecule has 1 N–H and O–H groups in total. The summed E-state index contributed by atoms with van der Waals surface area (Å²) in [5, 5.41) is 13.7. The van der Waals surface area contributed by atoms with Crippen LogP contribution in [0.1, 0.15) is 33.5 Å². The van der Waals surface area contributed by atoms with Gasteiger partial charge in [0.2, 0.25) is 5.91 Å². The summed E-state index contributed by atoms with van der Waals surface area (Å²) in [6.45, 7) is 0. The number of nitro groups is 1. The lowest BCUT2D eigenvalue weighted by Crippen LogP contribution is -2.16. The molecule has 3 aromatic rings. The van der Waals surface area contributed by atoms with Crippen molar-refractivity contribution in [1.29, 1.82) is 0 Å². The van der Waals surface area contributed by atoms with E-state index >= 15 is 0 Å². The molecule has 0 atom stereocenters. The van der Waals surface area contributed by atoms with Gasteiger partial charge in [0.15, 0.2) is 5.78 Å². The van der Waals surface area contributed by atoms with Gasteiger partial charge in [0, 0.05) is 24.1 Å². The molecule has 0 radical (unpaired) electrons. The van der Waals surface area contributed by atoms with Crippen LogP contribution in [0, 0.1) is 10.1 Å². The summed E-state index contributed by atoms with van der Waals surface area (Å²) in [7, 11) is 0. The summed E-state index contributed by atoms with van der Waals surface area (Å²) < 4.78 is 38.5. The number of nitrogens with one attached hydrogen (secondary N) is 1. The third kappa shape index (κ3) is 5.57. The van der Waals surface area contributed by atoms with Crippen molar-refractivity contribution in [3.63, 3.8) is 0 Å². The Morgan fingerprint density at radius 3 is 2.31 bits per heavy atom. The standard InChI is InChI=1S/C23H17F3N2O4/c24-23(25,26)17-8-4-5-15(13-17)9-12-21(29)27-20-11-10-18(28(31)32)14-19(20)22(30)16-6-2-1-3-7-16/h1-8,10-11,13-14H,9,12H2,(H,27,29). The van der Waals surface area contributed by atoms with Gasteiger partial charge in [-0.3, -0.25) is 19.7 Å². The number of alkyl halides is 3. The molecule has 164 valence electrons. The molecule has 3 aromatic carbocycles.